The quantitative estimate of drug-likeness (QED) is 0.695. The molecule has 1 unspecified atom stereocenters. The van der Waals surface area contributed by atoms with E-state index in [9.17, 15) is 14.4 Å². The third-order valence-electron chi connectivity index (χ3n) is 2.41. The van der Waals surface area contributed by atoms with Crippen molar-refractivity contribution < 1.29 is 19.5 Å². The van der Waals surface area contributed by atoms with Crippen LogP contribution in [0.3, 0.4) is 0 Å². The molecule has 1 aromatic carbocycles. The molecule has 0 aromatic heterocycles. The van der Waals surface area contributed by atoms with Crippen molar-refractivity contribution in [3.63, 3.8) is 0 Å². The number of hydrogen-bond donors (Lipinski definition) is 3. The number of carbonyl (C=O) groups is 3. The van der Waals surface area contributed by atoms with Gasteiger partial charge in [0.15, 0.2) is 6.04 Å². The molecule has 2 amide bonds. The van der Waals surface area contributed by atoms with Crippen molar-refractivity contribution in [2.75, 3.05) is 6.54 Å². The normalized spacial score (nSPS) is 11.4. The van der Waals surface area contributed by atoms with Crippen LogP contribution in [0.5, 0.6) is 0 Å². The van der Waals surface area contributed by atoms with Gasteiger partial charge in [-0.25, -0.2) is 4.79 Å². The van der Waals surface area contributed by atoms with Gasteiger partial charge >= 0.3 is 5.97 Å². The SMILES string of the molecule is CC(=O)NCCC(=O)NC(C(=O)O)c1ccccc1. The highest BCUT2D eigenvalue weighted by Crippen LogP contribution is 2.12. The van der Waals surface area contributed by atoms with Gasteiger partial charge in [0.2, 0.25) is 11.8 Å². The number of hydrogen-bond acceptors (Lipinski definition) is 3. The zero-order chi connectivity index (χ0) is 14.3. The molecule has 3 N–H and O–H groups in total. The fourth-order valence-electron chi connectivity index (χ4n) is 1.52. The van der Waals surface area contributed by atoms with E-state index < -0.39 is 17.9 Å². The van der Waals surface area contributed by atoms with Gasteiger partial charge in [0, 0.05) is 19.9 Å². The Morgan fingerprint density at radius 2 is 1.84 bits per heavy atom. The average molecular weight is 264 g/mol. The number of carbonyl (C=O) groups excluding carboxylic acids is 2. The van der Waals surface area contributed by atoms with Crippen LogP contribution in [-0.2, 0) is 14.4 Å². The Morgan fingerprint density at radius 3 is 2.37 bits per heavy atom. The van der Waals surface area contributed by atoms with Crippen LogP contribution in [0.4, 0.5) is 0 Å². The van der Waals surface area contributed by atoms with Crippen LogP contribution in [-0.4, -0.2) is 29.4 Å². The molecular weight excluding hydrogens is 248 g/mol. The zero-order valence-corrected chi connectivity index (χ0v) is 10.6. The van der Waals surface area contributed by atoms with Crippen molar-refractivity contribution in [2.24, 2.45) is 0 Å². The van der Waals surface area contributed by atoms with Gasteiger partial charge < -0.3 is 15.7 Å². The van der Waals surface area contributed by atoms with Gasteiger partial charge in [-0.05, 0) is 5.56 Å². The Balaban J connectivity index is 2.57. The van der Waals surface area contributed by atoms with Crippen molar-refractivity contribution >= 4 is 17.8 Å². The molecule has 0 saturated heterocycles. The highest BCUT2D eigenvalue weighted by molar-refractivity contribution is 5.85. The lowest BCUT2D eigenvalue weighted by molar-refractivity contribution is -0.142. The summed E-state index contributed by atoms with van der Waals surface area (Å²) in [6, 6.07) is 7.36. The van der Waals surface area contributed by atoms with Gasteiger partial charge in [0.25, 0.3) is 0 Å². The van der Waals surface area contributed by atoms with Crippen molar-refractivity contribution in [3.05, 3.63) is 35.9 Å². The molecule has 19 heavy (non-hydrogen) atoms. The minimum Gasteiger partial charge on any atom is -0.479 e. The van der Waals surface area contributed by atoms with Gasteiger partial charge in [-0.3, -0.25) is 9.59 Å². The van der Waals surface area contributed by atoms with Gasteiger partial charge in [0.1, 0.15) is 0 Å². The topological polar surface area (TPSA) is 95.5 Å². The van der Waals surface area contributed by atoms with E-state index in [0.29, 0.717) is 5.56 Å². The predicted octanol–water partition coefficient (Wildman–Crippen LogP) is 0.455. The van der Waals surface area contributed by atoms with Crippen molar-refractivity contribution in [3.8, 4) is 0 Å². The smallest absolute Gasteiger partial charge is 0.330 e. The van der Waals surface area contributed by atoms with Gasteiger partial charge in [-0.15, -0.1) is 0 Å². The van der Waals surface area contributed by atoms with Crippen molar-refractivity contribution in [1.82, 2.24) is 10.6 Å². The van der Waals surface area contributed by atoms with Crippen LogP contribution in [0.25, 0.3) is 0 Å². The molecule has 6 nitrogen and oxygen atoms in total. The number of benzene rings is 1. The number of rotatable bonds is 6. The average Bonchev–Trinajstić information content (AvgIpc) is 2.36. The lowest BCUT2D eigenvalue weighted by Crippen LogP contribution is -2.35. The molecule has 0 saturated carbocycles. The minimum absolute atomic E-state index is 0.0379. The standard InChI is InChI=1S/C13H16N2O4/c1-9(16)14-8-7-11(17)15-12(13(18)19)10-5-3-2-4-6-10/h2-6,12H,7-8H2,1H3,(H,14,16)(H,15,17)(H,18,19). The highest BCUT2D eigenvalue weighted by Gasteiger charge is 2.21. The highest BCUT2D eigenvalue weighted by atomic mass is 16.4. The van der Waals surface area contributed by atoms with E-state index in [1.807, 2.05) is 0 Å². The molecule has 0 heterocycles. The van der Waals surface area contributed by atoms with Gasteiger partial charge in [-0.2, -0.15) is 0 Å². The van der Waals surface area contributed by atoms with Crippen LogP contribution < -0.4 is 10.6 Å². The van der Waals surface area contributed by atoms with Gasteiger partial charge in [0.05, 0.1) is 0 Å². The minimum atomic E-state index is -1.13. The molecule has 0 aliphatic carbocycles. The van der Waals surface area contributed by atoms with Crippen LogP contribution in [0.15, 0.2) is 30.3 Å². The molecule has 0 bridgehead atoms. The van der Waals surface area contributed by atoms with Crippen molar-refractivity contribution in [1.29, 1.82) is 0 Å². The fraction of sp³-hybridized carbons (Fsp3) is 0.308. The predicted molar refractivity (Wildman–Crippen MR) is 68.3 cm³/mol. The van der Waals surface area contributed by atoms with Crippen LogP contribution in [0.2, 0.25) is 0 Å². The second-order valence-electron chi connectivity index (χ2n) is 3.98. The Kier molecular flexibility index (Phi) is 5.53. The second-order valence-corrected chi connectivity index (χ2v) is 3.98. The second kappa shape index (κ2) is 7.15. The molecule has 1 rings (SSSR count). The number of aliphatic carboxylic acids is 1. The van der Waals surface area contributed by atoms with E-state index in [1.54, 1.807) is 30.3 Å². The third kappa shape index (κ3) is 5.20. The van der Waals surface area contributed by atoms with E-state index in [-0.39, 0.29) is 18.9 Å². The monoisotopic (exact) mass is 264 g/mol. The first-order valence-electron chi connectivity index (χ1n) is 5.82. The first-order valence-corrected chi connectivity index (χ1v) is 5.82. The number of amides is 2. The van der Waals surface area contributed by atoms with E-state index in [4.69, 9.17) is 5.11 Å². The molecule has 0 radical (unpaired) electrons. The van der Waals surface area contributed by atoms with Crippen LogP contribution >= 0.6 is 0 Å². The summed E-state index contributed by atoms with van der Waals surface area (Å²) in [4.78, 5) is 33.4. The summed E-state index contributed by atoms with van der Waals surface area (Å²) in [6.45, 7) is 1.53. The summed E-state index contributed by atoms with van der Waals surface area (Å²) in [7, 11) is 0. The summed E-state index contributed by atoms with van der Waals surface area (Å²) in [6.07, 6.45) is 0.0379. The molecule has 1 atom stereocenters. The lowest BCUT2D eigenvalue weighted by atomic mass is 10.1. The summed E-state index contributed by atoms with van der Waals surface area (Å²) in [5, 5.41) is 14.0. The van der Waals surface area contributed by atoms with E-state index in [1.165, 1.54) is 6.92 Å². The summed E-state index contributed by atoms with van der Waals surface area (Å²) >= 11 is 0. The Hall–Kier alpha value is -2.37. The summed E-state index contributed by atoms with van der Waals surface area (Å²) < 4.78 is 0. The van der Waals surface area contributed by atoms with E-state index in [0.717, 1.165) is 0 Å². The largest absolute Gasteiger partial charge is 0.479 e. The fourth-order valence-corrected chi connectivity index (χ4v) is 1.52. The van der Waals surface area contributed by atoms with E-state index >= 15 is 0 Å². The summed E-state index contributed by atoms with van der Waals surface area (Å²) in [5.74, 6) is -1.78. The number of carboxylic acids is 1. The molecule has 0 aliphatic heterocycles. The molecule has 1 aromatic rings. The van der Waals surface area contributed by atoms with Crippen molar-refractivity contribution in [2.45, 2.75) is 19.4 Å². The van der Waals surface area contributed by atoms with Crippen LogP contribution in [0, 0.1) is 0 Å². The molecule has 102 valence electrons. The first kappa shape index (κ1) is 14.7. The zero-order valence-electron chi connectivity index (χ0n) is 10.6. The maximum Gasteiger partial charge on any atom is 0.330 e. The first-order chi connectivity index (χ1) is 9.00. The number of nitrogens with one attached hydrogen (secondary N) is 2. The molecule has 0 aliphatic rings. The Bertz CT molecular complexity index is 459. The molecule has 6 heteroatoms. The third-order valence-corrected chi connectivity index (χ3v) is 2.41. The maximum absolute atomic E-state index is 11.6. The summed E-state index contributed by atoms with van der Waals surface area (Å²) in [5.41, 5.74) is 0.503. The molecule has 0 fully saturated rings. The molecule has 0 spiro atoms. The van der Waals surface area contributed by atoms with Gasteiger partial charge in [-0.1, -0.05) is 30.3 Å². The maximum atomic E-state index is 11.6. The Morgan fingerprint density at radius 1 is 1.21 bits per heavy atom. The van der Waals surface area contributed by atoms with E-state index in [2.05, 4.69) is 10.6 Å². The molecular formula is C13H16N2O4. The number of carboxylic acid groups (broad SMARTS) is 1. The van der Waals surface area contributed by atoms with Crippen LogP contribution in [0.1, 0.15) is 24.9 Å². The Labute approximate surface area is 110 Å². The lowest BCUT2D eigenvalue weighted by Gasteiger charge is -2.14.